The van der Waals surface area contributed by atoms with Gasteiger partial charge in [-0.05, 0) is 67.5 Å². The van der Waals surface area contributed by atoms with E-state index in [9.17, 15) is 5.11 Å². The topological polar surface area (TPSA) is 36.4 Å². The van der Waals surface area contributed by atoms with Crippen LogP contribution in [0.2, 0.25) is 0 Å². The molecule has 2 aromatic rings. The van der Waals surface area contributed by atoms with E-state index in [-0.39, 0.29) is 0 Å². The van der Waals surface area contributed by atoms with Crippen molar-refractivity contribution in [3.63, 3.8) is 0 Å². The third-order valence-corrected chi connectivity index (χ3v) is 6.72. The van der Waals surface area contributed by atoms with Crippen LogP contribution in [0, 0.1) is 11.8 Å². The van der Waals surface area contributed by atoms with Gasteiger partial charge in [0, 0.05) is 24.5 Å². The van der Waals surface area contributed by atoms with Crippen LogP contribution < -0.4 is 0 Å². The third-order valence-electron chi connectivity index (χ3n) is 5.54. The molecule has 3 nitrogen and oxygen atoms in total. The highest BCUT2D eigenvalue weighted by Gasteiger charge is 2.38. The van der Waals surface area contributed by atoms with E-state index in [1.54, 1.807) is 0 Å². The number of phenolic OH excluding ortho intramolecular Hbond substituents is 1. The Bertz CT molecular complexity index is 706. The van der Waals surface area contributed by atoms with Gasteiger partial charge in [0.1, 0.15) is 5.75 Å². The zero-order valence-corrected chi connectivity index (χ0v) is 14.9. The fourth-order valence-corrected chi connectivity index (χ4v) is 5.35. The summed E-state index contributed by atoms with van der Waals surface area (Å²) in [6, 6.07) is 12.7. The van der Waals surface area contributed by atoms with Crippen LogP contribution >= 0.6 is 11.8 Å². The molecule has 0 bridgehead atoms. The van der Waals surface area contributed by atoms with Gasteiger partial charge in [0.25, 0.3) is 0 Å². The second kappa shape index (κ2) is 6.77. The summed E-state index contributed by atoms with van der Waals surface area (Å²) in [4.78, 5) is 6.97. The van der Waals surface area contributed by atoms with Gasteiger partial charge in [-0.1, -0.05) is 18.2 Å². The van der Waals surface area contributed by atoms with Gasteiger partial charge in [-0.3, -0.25) is 0 Å². The van der Waals surface area contributed by atoms with Crippen LogP contribution in [0.1, 0.15) is 17.5 Å². The minimum Gasteiger partial charge on any atom is -0.508 e. The van der Waals surface area contributed by atoms with E-state index in [1.807, 2.05) is 36.2 Å². The number of hydrogen-bond acceptors (Lipinski definition) is 4. The molecule has 24 heavy (non-hydrogen) atoms. The number of nitrogens with zero attached hydrogens (tertiary/aromatic N) is 2. The minimum atomic E-state index is 0.485. The van der Waals surface area contributed by atoms with E-state index in [4.69, 9.17) is 0 Å². The van der Waals surface area contributed by atoms with Crippen molar-refractivity contribution in [2.24, 2.45) is 11.8 Å². The monoisotopic (exact) mass is 340 g/mol. The molecule has 1 aromatic carbocycles. The molecule has 0 unspecified atom stereocenters. The Labute approximate surface area is 148 Å². The number of pyridine rings is 1. The molecule has 0 radical (unpaired) electrons. The molecule has 1 saturated heterocycles. The van der Waals surface area contributed by atoms with Crippen LogP contribution in [-0.2, 0) is 12.8 Å². The molecule has 1 fully saturated rings. The first-order valence-electron chi connectivity index (χ1n) is 8.74. The number of likely N-dealkylation sites (tertiary alicyclic amines) is 1. The third kappa shape index (κ3) is 3.17. The first kappa shape index (κ1) is 16.0. The number of fused-ring (bicyclic) bond motifs is 2. The van der Waals surface area contributed by atoms with Gasteiger partial charge in [-0.15, -0.1) is 11.8 Å². The SMILES string of the molecule is CN1C[C@H](CSc2ccccn2)C[C@@H]2Cc3c(O)cccc3C[C@H]21. The highest BCUT2D eigenvalue weighted by Crippen LogP contribution is 2.40. The fourth-order valence-electron chi connectivity index (χ4n) is 4.40. The van der Waals surface area contributed by atoms with Crippen molar-refractivity contribution in [3.05, 3.63) is 53.7 Å². The van der Waals surface area contributed by atoms with E-state index < -0.39 is 0 Å². The number of benzene rings is 1. The first-order valence-corrected chi connectivity index (χ1v) is 9.73. The smallest absolute Gasteiger partial charge is 0.119 e. The standard InChI is InChI=1S/C20H24N2OS/c1-22-12-14(13-24-20-7-2-3-8-21-20)9-16-10-17-15(11-18(16)22)5-4-6-19(17)23/h2-8,14,16,18,23H,9-13H2,1H3/t14-,16-,18-/m1/s1. The first-order chi connectivity index (χ1) is 11.7. The molecule has 0 saturated carbocycles. The highest BCUT2D eigenvalue weighted by molar-refractivity contribution is 7.99. The average Bonchev–Trinajstić information content (AvgIpc) is 2.60. The Kier molecular flexibility index (Phi) is 4.51. The van der Waals surface area contributed by atoms with Crippen LogP contribution in [0.25, 0.3) is 0 Å². The van der Waals surface area contributed by atoms with E-state index in [2.05, 4.69) is 35.1 Å². The van der Waals surface area contributed by atoms with Gasteiger partial charge in [0.2, 0.25) is 0 Å². The molecular weight excluding hydrogens is 316 g/mol. The van der Waals surface area contributed by atoms with Gasteiger partial charge in [-0.25, -0.2) is 4.98 Å². The fraction of sp³-hybridized carbons (Fsp3) is 0.450. The second-order valence-corrected chi connectivity index (χ2v) is 8.21. The van der Waals surface area contributed by atoms with E-state index in [0.717, 1.165) is 30.2 Å². The molecule has 0 amide bonds. The Balaban J connectivity index is 1.45. The summed E-state index contributed by atoms with van der Waals surface area (Å²) >= 11 is 1.87. The van der Waals surface area contributed by atoms with Crippen molar-refractivity contribution in [1.82, 2.24) is 9.88 Å². The average molecular weight is 340 g/mol. The number of aromatic hydroxyl groups is 1. The molecule has 126 valence electrons. The van der Waals surface area contributed by atoms with Gasteiger partial charge in [0.15, 0.2) is 0 Å². The predicted octanol–water partition coefficient (Wildman–Crippen LogP) is 3.61. The van der Waals surface area contributed by atoms with Gasteiger partial charge in [0.05, 0.1) is 5.03 Å². The number of thioether (sulfide) groups is 1. The summed E-state index contributed by atoms with van der Waals surface area (Å²) in [6.45, 7) is 1.16. The van der Waals surface area contributed by atoms with Crippen LogP contribution in [0.4, 0.5) is 0 Å². The van der Waals surface area contributed by atoms with E-state index >= 15 is 0 Å². The van der Waals surface area contributed by atoms with Crippen LogP contribution in [0.15, 0.2) is 47.6 Å². The van der Waals surface area contributed by atoms with Crippen molar-refractivity contribution in [3.8, 4) is 5.75 Å². The van der Waals surface area contributed by atoms with Crippen molar-refractivity contribution < 1.29 is 5.11 Å². The Morgan fingerprint density at radius 1 is 1.21 bits per heavy atom. The molecule has 2 aliphatic rings. The molecule has 0 spiro atoms. The van der Waals surface area contributed by atoms with Gasteiger partial charge < -0.3 is 10.0 Å². The molecule has 3 atom stereocenters. The number of likely N-dealkylation sites (N-methyl/N-ethyl adjacent to an activating group) is 1. The van der Waals surface area contributed by atoms with E-state index in [0.29, 0.717) is 23.6 Å². The molecule has 1 aliphatic heterocycles. The number of hydrogen-bond donors (Lipinski definition) is 1. The summed E-state index contributed by atoms with van der Waals surface area (Å²) in [5.74, 6) is 2.95. The lowest BCUT2D eigenvalue weighted by Crippen LogP contribution is -2.50. The molecule has 1 N–H and O–H groups in total. The number of aromatic nitrogens is 1. The van der Waals surface area contributed by atoms with E-state index in [1.165, 1.54) is 17.5 Å². The Morgan fingerprint density at radius 2 is 2.12 bits per heavy atom. The maximum absolute atomic E-state index is 10.2. The highest BCUT2D eigenvalue weighted by atomic mass is 32.2. The summed E-state index contributed by atoms with van der Waals surface area (Å²) in [5, 5.41) is 11.3. The summed E-state index contributed by atoms with van der Waals surface area (Å²) in [7, 11) is 2.27. The lowest BCUT2D eigenvalue weighted by Gasteiger charge is -2.46. The Morgan fingerprint density at radius 3 is 2.96 bits per heavy atom. The van der Waals surface area contributed by atoms with Crippen molar-refractivity contribution in [2.75, 3.05) is 19.3 Å². The normalized spacial score (nSPS) is 26.6. The predicted molar refractivity (Wildman–Crippen MR) is 98.5 cm³/mol. The lowest BCUT2D eigenvalue weighted by atomic mass is 9.73. The quantitative estimate of drug-likeness (QED) is 0.866. The zero-order chi connectivity index (χ0) is 16.5. The minimum absolute atomic E-state index is 0.485. The molecular formula is C20H24N2OS. The number of rotatable bonds is 3. The lowest BCUT2D eigenvalue weighted by molar-refractivity contribution is 0.0792. The molecule has 1 aromatic heterocycles. The molecule has 4 rings (SSSR count). The summed E-state index contributed by atoms with van der Waals surface area (Å²) < 4.78 is 0. The number of phenols is 1. The molecule has 2 heterocycles. The zero-order valence-electron chi connectivity index (χ0n) is 14.1. The summed E-state index contributed by atoms with van der Waals surface area (Å²) in [5.41, 5.74) is 2.52. The maximum Gasteiger partial charge on any atom is 0.119 e. The van der Waals surface area contributed by atoms with Gasteiger partial charge in [-0.2, -0.15) is 0 Å². The van der Waals surface area contributed by atoms with Crippen molar-refractivity contribution >= 4 is 11.8 Å². The van der Waals surface area contributed by atoms with Crippen LogP contribution in [0.3, 0.4) is 0 Å². The van der Waals surface area contributed by atoms with Gasteiger partial charge >= 0.3 is 0 Å². The Hall–Kier alpha value is -1.52. The molecule has 1 aliphatic carbocycles. The molecule has 4 heteroatoms. The number of piperidine rings is 1. The van der Waals surface area contributed by atoms with Crippen molar-refractivity contribution in [1.29, 1.82) is 0 Å². The van der Waals surface area contributed by atoms with Crippen LogP contribution in [0.5, 0.6) is 5.75 Å². The maximum atomic E-state index is 10.2. The second-order valence-electron chi connectivity index (χ2n) is 7.17. The summed E-state index contributed by atoms with van der Waals surface area (Å²) in [6.07, 6.45) is 5.21. The van der Waals surface area contributed by atoms with Crippen molar-refractivity contribution in [2.45, 2.75) is 30.3 Å². The largest absolute Gasteiger partial charge is 0.508 e. The van der Waals surface area contributed by atoms with Crippen LogP contribution in [-0.4, -0.2) is 40.4 Å².